The number of ether oxygens (including phenoxy) is 2. The van der Waals surface area contributed by atoms with E-state index in [4.69, 9.17) is 15.2 Å². The highest BCUT2D eigenvalue weighted by molar-refractivity contribution is 5.71. The molecule has 0 spiro atoms. The molecule has 0 aliphatic heterocycles. The number of carbonyl (C=O) groups is 1. The summed E-state index contributed by atoms with van der Waals surface area (Å²) >= 11 is 0. The first-order valence-corrected chi connectivity index (χ1v) is 5.23. The molecule has 1 rings (SSSR count). The van der Waals surface area contributed by atoms with Crippen LogP contribution in [0, 0.1) is 0 Å². The molecule has 4 heteroatoms. The molecule has 1 aromatic rings. The second-order valence-corrected chi connectivity index (χ2v) is 3.43. The highest BCUT2D eigenvalue weighted by Gasteiger charge is 2.11. The predicted molar refractivity (Wildman–Crippen MR) is 61.7 cm³/mol. The Bertz CT molecular complexity index is 363. The Morgan fingerprint density at radius 3 is 2.75 bits per heavy atom. The third-order valence-corrected chi connectivity index (χ3v) is 2.18. The highest BCUT2D eigenvalue weighted by atomic mass is 16.6. The Hall–Kier alpha value is -1.55. The minimum atomic E-state index is -0.349. The Morgan fingerprint density at radius 1 is 1.44 bits per heavy atom. The van der Waals surface area contributed by atoms with Crippen molar-refractivity contribution in [2.75, 3.05) is 13.7 Å². The van der Waals surface area contributed by atoms with Crippen LogP contribution >= 0.6 is 0 Å². The summed E-state index contributed by atoms with van der Waals surface area (Å²) in [4.78, 5) is 11.0. The molecule has 0 heterocycles. The van der Waals surface area contributed by atoms with E-state index in [1.807, 2.05) is 12.1 Å². The fourth-order valence-corrected chi connectivity index (χ4v) is 1.47. The van der Waals surface area contributed by atoms with Gasteiger partial charge in [0.15, 0.2) is 11.5 Å². The molecule has 0 radical (unpaired) electrons. The maximum atomic E-state index is 11.0. The first-order valence-electron chi connectivity index (χ1n) is 5.23. The molecule has 0 atom stereocenters. The number of para-hydroxylation sites is 1. The third kappa shape index (κ3) is 3.24. The Balaban J connectivity index is 2.99. The van der Waals surface area contributed by atoms with Gasteiger partial charge >= 0.3 is 5.97 Å². The van der Waals surface area contributed by atoms with Crippen molar-refractivity contribution < 1.29 is 14.3 Å². The SMILES string of the molecule is COc1cccc(CCCN)c1OC(C)=O. The minimum Gasteiger partial charge on any atom is -0.493 e. The van der Waals surface area contributed by atoms with E-state index in [-0.39, 0.29) is 5.97 Å². The number of aryl methyl sites for hydroxylation is 1. The van der Waals surface area contributed by atoms with E-state index in [1.165, 1.54) is 6.92 Å². The molecular formula is C12H17NO3. The summed E-state index contributed by atoms with van der Waals surface area (Å²) in [5.74, 6) is 0.731. The van der Waals surface area contributed by atoms with Gasteiger partial charge in [0.1, 0.15) is 0 Å². The lowest BCUT2D eigenvalue weighted by atomic mass is 10.1. The summed E-state index contributed by atoms with van der Waals surface area (Å²) in [6, 6.07) is 5.55. The number of methoxy groups -OCH3 is 1. The van der Waals surface area contributed by atoms with Gasteiger partial charge in [0, 0.05) is 6.92 Å². The molecule has 0 aliphatic rings. The minimum absolute atomic E-state index is 0.349. The van der Waals surface area contributed by atoms with Gasteiger partial charge in [-0.25, -0.2) is 0 Å². The van der Waals surface area contributed by atoms with E-state index in [1.54, 1.807) is 13.2 Å². The average molecular weight is 223 g/mol. The Kier molecular flexibility index (Phi) is 4.79. The number of rotatable bonds is 5. The molecule has 0 unspecified atom stereocenters. The van der Waals surface area contributed by atoms with Gasteiger partial charge < -0.3 is 15.2 Å². The zero-order valence-corrected chi connectivity index (χ0v) is 9.66. The van der Waals surface area contributed by atoms with Crippen molar-refractivity contribution in [2.45, 2.75) is 19.8 Å². The van der Waals surface area contributed by atoms with Crippen molar-refractivity contribution in [3.8, 4) is 11.5 Å². The van der Waals surface area contributed by atoms with Crippen LogP contribution in [0.3, 0.4) is 0 Å². The lowest BCUT2D eigenvalue weighted by Crippen LogP contribution is -2.07. The van der Waals surface area contributed by atoms with Crippen molar-refractivity contribution in [2.24, 2.45) is 5.73 Å². The molecule has 1 aromatic carbocycles. The van der Waals surface area contributed by atoms with Gasteiger partial charge in [-0.15, -0.1) is 0 Å². The summed E-state index contributed by atoms with van der Waals surface area (Å²) in [6.07, 6.45) is 1.62. The van der Waals surface area contributed by atoms with Crippen molar-refractivity contribution in [3.63, 3.8) is 0 Å². The van der Waals surface area contributed by atoms with Gasteiger partial charge in [-0.05, 0) is 31.0 Å². The monoisotopic (exact) mass is 223 g/mol. The molecule has 0 amide bonds. The van der Waals surface area contributed by atoms with Crippen LogP contribution in [0.4, 0.5) is 0 Å². The molecule has 2 N–H and O–H groups in total. The number of nitrogens with two attached hydrogens (primary N) is 1. The van der Waals surface area contributed by atoms with Crippen molar-refractivity contribution in [1.82, 2.24) is 0 Å². The van der Waals surface area contributed by atoms with Crippen LogP contribution in [-0.4, -0.2) is 19.6 Å². The molecule has 0 aliphatic carbocycles. The van der Waals surface area contributed by atoms with Crippen LogP contribution in [-0.2, 0) is 11.2 Å². The largest absolute Gasteiger partial charge is 0.493 e. The Morgan fingerprint density at radius 2 is 2.19 bits per heavy atom. The third-order valence-electron chi connectivity index (χ3n) is 2.18. The molecule has 88 valence electrons. The lowest BCUT2D eigenvalue weighted by Gasteiger charge is -2.12. The van der Waals surface area contributed by atoms with E-state index in [0.29, 0.717) is 18.0 Å². The molecule has 0 saturated heterocycles. The zero-order chi connectivity index (χ0) is 12.0. The van der Waals surface area contributed by atoms with Gasteiger partial charge in [0.2, 0.25) is 0 Å². The topological polar surface area (TPSA) is 61.6 Å². The first kappa shape index (κ1) is 12.5. The molecule has 0 bridgehead atoms. The summed E-state index contributed by atoms with van der Waals surface area (Å²) in [7, 11) is 1.55. The highest BCUT2D eigenvalue weighted by Crippen LogP contribution is 2.31. The van der Waals surface area contributed by atoms with Crippen molar-refractivity contribution >= 4 is 5.97 Å². The van der Waals surface area contributed by atoms with E-state index >= 15 is 0 Å². The first-order chi connectivity index (χ1) is 7.69. The maximum Gasteiger partial charge on any atom is 0.308 e. The number of carbonyl (C=O) groups excluding carboxylic acids is 1. The van der Waals surface area contributed by atoms with Gasteiger partial charge in [-0.1, -0.05) is 12.1 Å². The average Bonchev–Trinajstić information content (AvgIpc) is 2.27. The van der Waals surface area contributed by atoms with Crippen LogP contribution in [0.15, 0.2) is 18.2 Å². The summed E-state index contributed by atoms with van der Waals surface area (Å²) in [5, 5.41) is 0. The smallest absolute Gasteiger partial charge is 0.308 e. The van der Waals surface area contributed by atoms with Gasteiger partial charge in [-0.2, -0.15) is 0 Å². The second kappa shape index (κ2) is 6.12. The molecular weight excluding hydrogens is 206 g/mol. The normalized spacial score (nSPS) is 9.94. The van der Waals surface area contributed by atoms with Crippen LogP contribution in [0.25, 0.3) is 0 Å². The van der Waals surface area contributed by atoms with Crippen LogP contribution in [0.1, 0.15) is 18.9 Å². The summed E-state index contributed by atoms with van der Waals surface area (Å²) in [6.45, 7) is 1.98. The zero-order valence-electron chi connectivity index (χ0n) is 9.66. The number of benzene rings is 1. The van der Waals surface area contributed by atoms with Crippen LogP contribution in [0.5, 0.6) is 11.5 Å². The standard InChI is InChI=1S/C12H17NO3/c1-9(14)16-12-10(6-4-8-13)5-3-7-11(12)15-2/h3,5,7H,4,6,8,13H2,1-2H3. The quantitative estimate of drug-likeness (QED) is 0.607. The molecule has 0 aromatic heterocycles. The summed E-state index contributed by atoms with van der Waals surface area (Å²) < 4.78 is 10.3. The van der Waals surface area contributed by atoms with E-state index in [9.17, 15) is 4.79 Å². The maximum absolute atomic E-state index is 11.0. The fraction of sp³-hybridized carbons (Fsp3) is 0.417. The predicted octanol–water partition coefficient (Wildman–Crippen LogP) is 1.51. The molecule has 0 saturated carbocycles. The van der Waals surface area contributed by atoms with Crippen LogP contribution in [0.2, 0.25) is 0 Å². The molecule has 16 heavy (non-hydrogen) atoms. The molecule has 0 fully saturated rings. The van der Waals surface area contributed by atoms with E-state index < -0.39 is 0 Å². The number of hydrogen-bond acceptors (Lipinski definition) is 4. The van der Waals surface area contributed by atoms with Crippen molar-refractivity contribution in [3.05, 3.63) is 23.8 Å². The lowest BCUT2D eigenvalue weighted by molar-refractivity contribution is -0.132. The fourth-order valence-electron chi connectivity index (χ4n) is 1.47. The number of hydrogen-bond donors (Lipinski definition) is 1. The van der Waals surface area contributed by atoms with Crippen LogP contribution < -0.4 is 15.2 Å². The Labute approximate surface area is 95.3 Å². The molecule has 4 nitrogen and oxygen atoms in total. The van der Waals surface area contributed by atoms with Gasteiger partial charge in [0.25, 0.3) is 0 Å². The van der Waals surface area contributed by atoms with E-state index in [2.05, 4.69) is 0 Å². The number of esters is 1. The van der Waals surface area contributed by atoms with Gasteiger partial charge in [-0.3, -0.25) is 4.79 Å². The van der Waals surface area contributed by atoms with E-state index in [0.717, 1.165) is 18.4 Å². The van der Waals surface area contributed by atoms with Crippen molar-refractivity contribution in [1.29, 1.82) is 0 Å². The second-order valence-electron chi connectivity index (χ2n) is 3.43. The summed E-state index contributed by atoms with van der Waals surface area (Å²) in [5.41, 5.74) is 6.40. The van der Waals surface area contributed by atoms with Gasteiger partial charge in [0.05, 0.1) is 7.11 Å².